The second kappa shape index (κ2) is 5.66. The third kappa shape index (κ3) is 2.70. The molecule has 0 unspecified atom stereocenters. The van der Waals surface area contributed by atoms with E-state index in [1.807, 2.05) is 0 Å². The van der Waals surface area contributed by atoms with Gasteiger partial charge in [-0.25, -0.2) is 13.2 Å². The normalized spacial score (nSPS) is 10.7. The summed E-state index contributed by atoms with van der Waals surface area (Å²) in [5.41, 5.74) is 0.457. The lowest BCUT2D eigenvalue weighted by Crippen LogP contribution is -2.07. The van der Waals surface area contributed by atoms with E-state index in [9.17, 15) is 22.0 Å². The Morgan fingerprint density at radius 3 is 1.70 bits per heavy atom. The lowest BCUT2D eigenvalue weighted by Gasteiger charge is -2.10. The molecule has 0 aliphatic heterocycles. The molecule has 0 bridgehead atoms. The maximum atomic E-state index is 13.3. The van der Waals surface area contributed by atoms with Crippen molar-refractivity contribution in [2.75, 3.05) is 0 Å². The first kappa shape index (κ1) is 14.6. The van der Waals surface area contributed by atoms with Crippen molar-refractivity contribution < 1.29 is 26.7 Å². The van der Waals surface area contributed by atoms with Crippen LogP contribution in [0.2, 0.25) is 5.02 Å². The lowest BCUT2D eigenvalue weighted by molar-refractivity contribution is 0.253. The monoisotopic (exact) mass is 308 g/mol. The Balaban J connectivity index is 2.28. The third-order valence-electron chi connectivity index (χ3n) is 2.47. The summed E-state index contributed by atoms with van der Waals surface area (Å²) in [4.78, 5) is 0. The molecule has 2 aromatic carbocycles. The van der Waals surface area contributed by atoms with Crippen molar-refractivity contribution in [1.82, 2.24) is 0 Å². The molecular weight excluding hydrogens is 303 g/mol. The van der Waals surface area contributed by atoms with Gasteiger partial charge in [0.15, 0.2) is 5.75 Å². The fraction of sp³-hybridized carbons (Fsp3) is 0.0769. The molecule has 0 spiro atoms. The van der Waals surface area contributed by atoms with Crippen molar-refractivity contribution >= 4 is 11.6 Å². The van der Waals surface area contributed by atoms with E-state index < -0.39 is 34.8 Å². The minimum absolute atomic E-state index is 0.366. The average molecular weight is 309 g/mol. The van der Waals surface area contributed by atoms with Crippen LogP contribution in [0.1, 0.15) is 5.56 Å². The second-order valence-corrected chi connectivity index (χ2v) is 4.25. The summed E-state index contributed by atoms with van der Waals surface area (Å²) in [6.07, 6.45) is 0. The molecule has 0 atom stereocenters. The molecule has 0 saturated heterocycles. The number of ether oxygens (including phenoxy) is 1. The van der Waals surface area contributed by atoms with Crippen LogP contribution in [0.4, 0.5) is 22.0 Å². The van der Waals surface area contributed by atoms with Gasteiger partial charge >= 0.3 is 0 Å². The fourth-order valence-electron chi connectivity index (χ4n) is 1.45. The van der Waals surface area contributed by atoms with Gasteiger partial charge in [-0.05, 0) is 17.7 Å². The first-order valence-corrected chi connectivity index (χ1v) is 5.68. The molecule has 0 heterocycles. The van der Waals surface area contributed by atoms with Crippen LogP contribution in [0.15, 0.2) is 24.3 Å². The molecule has 0 fully saturated rings. The molecule has 0 aliphatic carbocycles. The highest BCUT2D eigenvalue weighted by Crippen LogP contribution is 2.29. The molecule has 0 radical (unpaired) electrons. The van der Waals surface area contributed by atoms with Gasteiger partial charge in [-0.15, -0.1) is 0 Å². The highest BCUT2D eigenvalue weighted by atomic mass is 35.5. The zero-order chi connectivity index (χ0) is 14.9. The van der Waals surface area contributed by atoms with Gasteiger partial charge in [-0.2, -0.15) is 8.78 Å². The summed E-state index contributed by atoms with van der Waals surface area (Å²) in [7, 11) is 0. The van der Waals surface area contributed by atoms with Crippen LogP contribution in [0.5, 0.6) is 5.75 Å². The van der Waals surface area contributed by atoms with Crippen LogP contribution >= 0.6 is 11.6 Å². The summed E-state index contributed by atoms with van der Waals surface area (Å²) in [6, 6.07) is 5.99. The zero-order valence-electron chi connectivity index (χ0n) is 9.69. The summed E-state index contributed by atoms with van der Waals surface area (Å²) in [5, 5.41) is 0.435. The quantitative estimate of drug-likeness (QED) is 0.457. The zero-order valence-corrected chi connectivity index (χ0v) is 10.4. The van der Waals surface area contributed by atoms with Gasteiger partial charge in [-0.3, -0.25) is 0 Å². The minimum Gasteiger partial charge on any atom is -0.483 e. The van der Waals surface area contributed by atoms with E-state index in [0.29, 0.717) is 10.6 Å². The molecule has 106 valence electrons. The van der Waals surface area contributed by atoms with Crippen molar-refractivity contribution in [2.45, 2.75) is 6.61 Å². The number of benzene rings is 2. The van der Waals surface area contributed by atoms with Gasteiger partial charge in [0, 0.05) is 5.02 Å². The van der Waals surface area contributed by atoms with Gasteiger partial charge in [-0.1, -0.05) is 23.7 Å². The van der Waals surface area contributed by atoms with E-state index in [4.69, 9.17) is 11.6 Å². The minimum atomic E-state index is -2.22. The Labute approximate surface area is 115 Å². The summed E-state index contributed by atoms with van der Waals surface area (Å²) in [6.45, 7) is -0.366. The molecule has 0 amide bonds. The first-order valence-electron chi connectivity index (χ1n) is 5.30. The summed E-state index contributed by atoms with van der Waals surface area (Å²) in [5.74, 6) is -11.6. The molecular formula is C13H6ClF5O. The number of halogens is 6. The molecule has 20 heavy (non-hydrogen) atoms. The topological polar surface area (TPSA) is 9.23 Å². The largest absolute Gasteiger partial charge is 0.483 e. The van der Waals surface area contributed by atoms with Gasteiger partial charge in [0.2, 0.25) is 29.1 Å². The number of hydrogen-bond acceptors (Lipinski definition) is 1. The maximum absolute atomic E-state index is 13.3. The second-order valence-electron chi connectivity index (χ2n) is 3.81. The standard InChI is InChI=1S/C13H6ClF5O/c14-7-3-1-6(2-4-7)5-20-13-11(18)9(16)8(15)10(17)12(13)19/h1-4H,5H2. The van der Waals surface area contributed by atoms with Crippen LogP contribution in [0.25, 0.3) is 0 Å². The van der Waals surface area contributed by atoms with E-state index >= 15 is 0 Å². The number of rotatable bonds is 3. The average Bonchev–Trinajstić information content (AvgIpc) is 2.45. The van der Waals surface area contributed by atoms with Crippen molar-refractivity contribution in [2.24, 2.45) is 0 Å². The first-order chi connectivity index (χ1) is 9.41. The van der Waals surface area contributed by atoms with E-state index in [-0.39, 0.29) is 6.61 Å². The van der Waals surface area contributed by atoms with Crippen molar-refractivity contribution in [3.05, 3.63) is 63.9 Å². The van der Waals surface area contributed by atoms with Crippen LogP contribution in [-0.4, -0.2) is 0 Å². The molecule has 0 aromatic heterocycles. The lowest BCUT2D eigenvalue weighted by atomic mass is 10.2. The van der Waals surface area contributed by atoms with E-state index in [1.165, 1.54) is 24.3 Å². The summed E-state index contributed by atoms with van der Waals surface area (Å²) >= 11 is 5.64. The Kier molecular flexibility index (Phi) is 4.13. The smallest absolute Gasteiger partial charge is 0.207 e. The summed E-state index contributed by atoms with van der Waals surface area (Å²) < 4.78 is 69.9. The maximum Gasteiger partial charge on any atom is 0.207 e. The van der Waals surface area contributed by atoms with Crippen LogP contribution in [0.3, 0.4) is 0 Å². The predicted molar refractivity (Wildman–Crippen MR) is 62.0 cm³/mol. The Bertz CT molecular complexity index is 613. The number of hydrogen-bond donors (Lipinski definition) is 0. The Morgan fingerprint density at radius 2 is 1.20 bits per heavy atom. The fourth-order valence-corrected chi connectivity index (χ4v) is 1.57. The van der Waals surface area contributed by atoms with Crippen LogP contribution < -0.4 is 4.74 Å². The molecule has 0 N–H and O–H groups in total. The molecule has 2 rings (SSSR count). The van der Waals surface area contributed by atoms with Gasteiger partial charge in [0.25, 0.3) is 0 Å². The van der Waals surface area contributed by atoms with Crippen molar-refractivity contribution in [3.8, 4) is 5.75 Å². The SMILES string of the molecule is Fc1c(F)c(F)c(OCc2ccc(Cl)cc2)c(F)c1F. The van der Waals surface area contributed by atoms with Crippen LogP contribution in [0, 0.1) is 29.1 Å². The third-order valence-corrected chi connectivity index (χ3v) is 2.72. The highest BCUT2D eigenvalue weighted by molar-refractivity contribution is 6.30. The Hall–Kier alpha value is -1.82. The van der Waals surface area contributed by atoms with E-state index in [0.717, 1.165) is 0 Å². The van der Waals surface area contributed by atoms with Crippen molar-refractivity contribution in [3.63, 3.8) is 0 Å². The van der Waals surface area contributed by atoms with E-state index in [2.05, 4.69) is 4.74 Å². The van der Waals surface area contributed by atoms with Gasteiger partial charge in [0.1, 0.15) is 6.61 Å². The predicted octanol–water partition coefficient (Wildman–Crippen LogP) is 4.61. The highest BCUT2D eigenvalue weighted by Gasteiger charge is 2.26. The molecule has 0 aliphatic rings. The Morgan fingerprint density at radius 1 is 0.750 bits per heavy atom. The molecule has 7 heteroatoms. The molecule has 1 nitrogen and oxygen atoms in total. The van der Waals surface area contributed by atoms with Gasteiger partial charge < -0.3 is 4.74 Å². The molecule has 0 saturated carbocycles. The van der Waals surface area contributed by atoms with Gasteiger partial charge in [0.05, 0.1) is 0 Å². The molecule has 2 aromatic rings. The van der Waals surface area contributed by atoms with Crippen LogP contribution in [-0.2, 0) is 6.61 Å². The van der Waals surface area contributed by atoms with Crippen molar-refractivity contribution in [1.29, 1.82) is 0 Å². The van der Waals surface area contributed by atoms with E-state index in [1.54, 1.807) is 0 Å².